The van der Waals surface area contributed by atoms with E-state index in [-0.39, 0.29) is 16.9 Å². The summed E-state index contributed by atoms with van der Waals surface area (Å²) in [6, 6.07) is 9.48. The zero-order valence-electron chi connectivity index (χ0n) is 10.5. The summed E-state index contributed by atoms with van der Waals surface area (Å²) in [5, 5.41) is 2.25. The third kappa shape index (κ3) is 3.75. The van der Waals surface area contributed by atoms with Gasteiger partial charge in [0.15, 0.2) is 0 Å². The number of carbonyl (C=O) groups is 1. The number of nitrogens with one attached hydrogen (secondary N) is 1. The molecule has 0 atom stereocenters. The average molecular weight is 359 g/mol. The molecule has 0 bridgehead atoms. The van der Waals surface area contributed by atoms with Crippen molar-refractivity contribution in [3.05, 3.63) is 58.1 Å². The van der Waals surface area contributed by atoms with Crippen LogP contribution < -0.4 is 11.1 Å². The quantitative estimate of drug-likeness (QED) is 0.786. The molecule has 3 nitrogen and oxygen atoms in total. The lowest BCUT2D eigenvalue weighted by Crippen LogP contribution is -2.17. The first-order chi connectivity index (χ1) is 9.77. The molecular formula is C14H10BrF3N2O. The summed E-state index contributed by atoms with van der Waals surface area (Å²) >= 11 is 3.21. The molecule has 0 radical (unpaired) electrons. The van der Waals surface area contributed by atoms with Crippen LogP contribution in [0.2, 0.25) is 0 Å². The highest BCUT2D eigenvalue weighted by molar-refractivity contribution is 9.10. The number of nitrogen functional groups attached to an aromatic ring is 1. The minimum atomic E-state index is -4.60. The van der Waals surface area contributed by atoms with E-state index in [2.05, 4.69) is 21.2 Å². The lowest BCUT2D eigenvalue weighted by molar-refractivity contribution is -0.136. The van der Waals surface area contributed by atoms with Crippen molar-refractivity contribution >= 4 is 33.2 Å². The van der Waals surface area contributed by atoms with E-state index in [1.165, 1.54) is 18.2 Å². The molecule has 110 valence electrons. The molecule has 1 amide bonds. The van der Waals surface area contributed by atoms with Gasteiger partial charge >= 0.3 is 6.18 Å². The van der Waals surface area contributed by atoms with Crippen LogP contribution in [-0.4, -0.2) is 5.91 Å². The van der Waals surface area contributed by atoms with E-state index < -0.39 is 17.6 Å². The molecule has 2 aromatic rings. The predicted octanol–water partition coefficient (Wildman–Crippen LogP) is 4.30. The molecule has 21 heavy (non-hydrogen) atoms. The molecule has 0 fully saturated rings. The van der Waals surface area contributed by atoms with Crippen LogP contribution in [0.3, 0.4) is 0 Å². The Morgan fingerprint density at radius 2 is 1.71 bits per heavy atom. The Bertz CT molecular complexity index is 669. The smallest absolute Gasteiger partial charge is 0.399 e. The Kier molecular flexibility index (Phi) is 4.22. The minimum absolute atomic E-state index is 0.0241. The van der Waals surface area contributed by atoms with Crippen molar-refractivity contribution in [3.63, 3.8) is 0 Å². The van der Waals surface area contributed by atoms with E-state index in [0.29, 0.717) is 0 Å². The van der Waals surface area contributed by atoms with Crippen molar-refractivity contribution < 1.29 is 18.0 Å². The normalized spacial score (nSPS) is 11.2. The first-order valence-corrected chi connectivity index (χ1v) is 6.60. The van der Waals surface area contributed by atoms with Gasteiger partial charge in [0.1, 0.15) is 0 Å². The number of nitrogens with two attached hydrogens (primary N) is 1. The highest BCUT2D eigenvalue weighted by Crippen LogP contribution is 2.36. The zero-order valence-corrected chi connectivity index (χ0v) is 12.1. The van der Waals surface area contributed by atoms with Crippen molar-refractivity contribution in [2.24, 2.45) is 0 Å². The Morgan fingerprint density at radius 1 is 1.10 bits per heavy atom. The topological polar surface area (TPSA) is 55.1 Å². The van der Waals surface area contributed by atoms with Gasteiger partial charge in [-0.1, -0.05) is 15.9 Å². The molecule has 0 saturated heterocycles. The Hall–Kier alpha value is -2.02. The second kappa shape index (κ2) is 5.77. The summed E-state index contributed by atoms with van der Waals surface area (Å²) < 4.78 is 39.5. The molecule has 0 aromatic heterocycles. The second-order valence-electron chi connectivity index (χ2n) is 4.26. The maximum atomic E-state index is 12.9. The van der Waals surface area contributed by atoms with Gasteiger partial charge in [-0.25, -0.2) is 0 Å². The number of carbonyl (C=O) groups excluding carboxylic acids is 1. The number of hydrogen-bond donors (Lipinski definition) is 2. The van der Waals surface area contributed by atoms with Crippen molar-refractivity contribution in [2.75, 3.05) is 11.1 Å². The maximum absolute atomic E-state index is 12.9. The fourth-order valence-corrected chi connectivity index (χ4v) is 1.97. The Balaban J connectivity index is 2.31. The first-order valence-electron chi connectivity index (χ1n) is 5.81. The standard InChI is InChI=1S/C14H10BrF3N2O/c15-9-3-1-8(2-4-9)13(21)20-12-6-5-10(19)7-11(12)14(16,17)18/h1-7H,19H2,(H,20,21). The Labute approximate surface area is 127 Å². The van der Waals surface area contributed by atoms with Crippen molar-refractivity contribution in [3.8, 4) is 0 Å². The number of benzene rings is 2. The van der Waals surface area contributed by atoms with E-state index in [0.717, 1.165) is 16.6 Å². The third-order valence-electron chi connectivity index (χ3n) is 2.70. The number of halogens is 4. The van der Waals surface area contributed by atoms with Crippen molar-refractivity contribution in [2.45, 2.75) is 6.18 Å². The van der Waals surface area contributed by atoms with Crippen LogP contribution in [0, 0.1) is 0 Å². The molecular weight excluding hydrogens is 349 g/mol. The van der Waals surface area contributed by atoms with Crippen LogP contribution in [0.15, 0.2) is 46.9 Å². The van der Waals surface area contributed by atoms with Gasteiger partial charge in [-0.2, -0.15) is 13.2 Å². The molecule has 0 aliphatic carbocycles. The molecule has 2 rings (SSSR count). The van der Waals surface area contributed by atoms with Gasteiger partial charge in [-0.3, -0.25) is 4.79 Å². The van der Waals surface area contributed by atoms with Crippen LogP contribution in [0.5, 0.6) is 0 Å². The van der Waals surface area contributed by atoms with Gasteiger partial charge in [0.2, 0.25) is 0 Å². The SMILES string of the molecule is Nc1ccc(NC(=O)c2ccc(Br)cc2)c(C(F)(F)F)c1. The summed E-state index contributed by atoms with van der Waals surface area (Å²) in [7, 11) is 0. The molecule has 0 spiro atoms. The van der Waals surface area contributed by atoms with E-state index >= 15 is 0 Å². The number of rotatable bonds is 2. The van der Waals surface area contributed by atoms with Crippen LogP contribution in [0.25, 0.3) is 0 Å². The number of anilines is 2. The molecule has 0 aliphatic heterocycles. The summed E-state index contributed by atoms with van der Waals surface area (Å²) in [4.78, 5) is 12.0. The monoisotopic (exact) mass is 358 g/mol. The van der Waals surface area contributed by atoms with Gasteiger partial charge in [0.25, 0.3) is 5.91 Å². The van der Waals surface area contributed by atoms with Gasteiger partial charge in [-0.05, 0) is 42.5 Å². The second-order valence-corrected chi connectivity index (χ2v) is 5.18. The van der Waals surface area contributed by atoms with Crippen LogP contribution >= 0.6 is 15.9 Å². The van der Waals surface area contributed by atoms with Crippen molar-refractivity contribution in [1.29, 1.82) is 0 Å². The minimum Gasteiger partial charge on any atom is -0.399 e. The molecule has 0 heterocycles. The van der Waals surface area contributed by atoms with Crippen LogP contribution in [0.4, 0.5) is 24.5 Å². The number of amides is 1. The largest absolute Gasteiger partial charge is 0.418 e. The van der Waals surface area contributed by atoms with Gasteiger partial charge in [0, 0.05) is 15.7 Å². The molecule has 0 unspecified atom stereocenters. The summed E-state index contributed by atoms with van der Waals surface area (Å²) in [5.74, 6) is -0.627. The number of alkyl halides is 3. The lowest BCUT2D eigenvalue weighted by Gasteiger charge is -2.14. The first kappa shape index (κ1) is 15.4. The fourth-order valence-electron chi connectivity index (χ4n) is 1.70. The molecule has 7 heteroatoms. The van der Waals surface area contributed by atoms with E-state index in [9.17, 15) is 18.0 Å². The van der Waals surface area contributed by atoms with Crippen LogP contribution in [0.1, 0.15) is 15.9 Å². The highest BCUT2D eigenvalue weighted by atomic mass is 79.9. The van der Waals surface area contributed by atoms with Gasteiger partial charge < -0.3 is 11.1 Å². The van der Waals surface area contributed by atoms with Crippen molar-refractivity contribution in [1.82, 2.24) is 0 Å². The number of hydrogen-bond acceptors (Lipinski definition) is 2. The maximum Gasteiger partial charge on any atom is 0.418 e. The average Bonchev–Trinajstić information content (AvgIpc) is 2.40. The predicted molar refractivity (Wildman–Crippen MR) is 78.0 cm³/mol. The summed E-state index contributed by atoms with van der Waals surface area (Å²) in [5.41, 5.74) is 4.29. The van der Waals surface area contributed by atoms with E-state index in [1.54, 1.807) is 12.1 Å². The summed E-state index contributed by atoms with van der Waals surface area (Å²) in [6.07, 6.45) is -4.60. The Morgan fingerprint density at radius 3 is 2.29 bits per heavy atom. The fraction of sp³-hybridized carbons (Fsp3) is 0.0714. The van der Waals surface area contributed by atoms with Gasteiger partial charge in [-0.15, -0.1) is 0 Å². The van der Waals surface area contributed by atoms with E-state index in [1.807, 2.05) is 0 Å². The highest BCUT2D eigenvalue weighted by Gasteiger charge is 2.34. The van der Waals surface area contributed by atoms with Crippen LogP contribution in [-0.2, 0) is 6.18 Å². The molecule has 2 aromatic carbocycles. The summed E-state index contributed by atoms with van der Waals surface area (Å²) in [6.45, 7) is 0. The third-order valence-corrected chi connectivity index (χ3v) is 3.23. The lowest BCUT2D eigenvalue weighted by atomic mass is 10.1. The molecule has 0 aliphatic rings. The zero-order chi connectivity index (χ0) is 15.6. The molecule has 0 saturated carbocycles. The molecule has 3 N–H and O–H groups in total. The van der Waals surface area contributed by atoms with E-state index in [4.69, 9.17) is 5.73 Å². The van der Waals surface area contributed by atoms with Gasteiger partial charge in [0.05, 0.1) is 11.3 Å².